The van der Waals surface area contributed by atoms with Crippen molar-refractivity contribution in [2.45, 2.75) is 6.42 Å². The molecule has 0 aliphatic rings. The number of para-hydroxylation sites is 1. The van der Waals surface area contributed by atoms with Gasteiger partial charge in [-0.3, -0.25) is 9.59 Å². The van der Waals surface area contributed by atoms with Crippen LogP contribution in [0.3, 0.4) is 0 Å². The highest BCUT2D eigenvalue weighted by Gasteiger charge is 2.11. The molecule has 6 nitrogen and oxygen atoms in total. The van der Waals surface area contributed by atoms with Gasteiger partial charge in [0.05, 0.1) is 5.52 Å². The number of carbonyl (C=O) groups is 2. The number of nitrogens with zero attached hydrogens (tertiary/aromatic N) is 2. The smallest absolute Gasteiger partial charge is 0.234 e. The van der Waals surface area contributed by atoms with Crippen LogP contribution in [0.25, 0.3) is 10.9 Å². The van der Waals surface area contributed by atoms with Crippen LogP contribution in [0.5, 0.6) is 0 Å². The second-order valence-corrected chi connectivity index (χ2v) is 5.46. The lowest BCUT2D eigenvalue weighted by atomic mass is 10.2. The average Bonchev–Trinajstić information content (AvgIpc) is 2.54. The maximum absolute atomic E-state index is 12.0. The Morgan fingerprint density at radius 2 is 1.71 bits per heavy atom. The van der Waals surface area contributed by atoms with E-state index in [1.165, 1.54) is 12.3 Å². The molecular formula is C17H13ClN4O2. The van der Waals surface area contributed by atoms with E-state index >= 15 is 0 Å². The first-order valence-electron chi connectivity index (χ1n) is 7.17. The summed E-state index contributed by atoms with van der Waals surface area (Å²) in [4.78, 5) is 32.1. The summed E-state index contributed by atoms with van der Waals surface area (Å²) in [5, 5.41) is 6.54. The molecule has 7 heteroatoms. The third kappa shape index (κ3) is 4.05. The number of amides is 2. The van der Waals surface area contributed by atoms with E-state index in [1.54, 1.807) is 12.1 Å². The summed E-state index contributed by atoms with van der Waals surface area (Å²) in [6, 6.07) is 14.2. The minimum absolute atomic E-state index is 0.295. The third-order valence-electron chi connectivity index (χ3n) is 3.18. The van der Waals surface area contributed by atoms with Crippen LogP contribution in [0.2, 0.25) is 5.02 Å². The molecule has 0 unspecified atom stereocenters. The highest BCUT2D eigenvalue weighted by atomic mass is 35.5. The zero-order valence-electron chi connectivity index (χ0n) is 12.5. The monoisotopic (exact) mass is 340 g/mol. The Bertz CT molecular complexity index is 914. The Morgan fingerprint density at radius 3 is 2.50 bits per heavy atom. The fourth-order valence-corrected chi connectivity index (χ4v) is 2.29. The van der Waals surface area contributed by atoms with Gasteiger partial charge in [0.2, 0.25) is 11.8 Å². The number of pyridine rings is 2. The Hall–Kier alpha value is -2.99. The van der Waals surface area contributed by atoms with E-state index in [0.29, 0.717) is 16.7 Å². The number of aromatic nitrogens is 2. The van der Waals surface area contributed by atoms with Gasteiger partial charge in [0.25, 0.3) is 0 Å². The molecule has 0 saturated heterocycles. The van der Waals surface area contributed by atoms with E-state index in [1.807, 2.05) is 30.3 Å². The SMILES string of the molecule is O=C(CC(=O)Nc1ccc2ccccc2n1)Nc1cc(Cl)ccn1. The van der Waals surface area contributed by atoms with Gasteiger partial charge >= 0.3 is 0 Å². The van der Waals surface area contributed by atoms with Crippen LogP contribution in [0.1, 0.15) is 6.42 Å². The maximum Gasteiger partial charge on any atom is 0.234 e. The van der Waals surface area contributed by atoms with Crippen molar-refractivity contribution in [2.75, 3.05) is 10.6 Å². The first kappa shape index (κ1) is 15.9. The van der Waals surface area contributed by atoms with Crippen molar-refractivity contribution in [3.05, 3.63) is 59.8 Å². The Morgan fingerprint density at radius 1 is 0.958 bits per heavy atom. The first-order chi connectivity index (χ1) is 11.6. The van der Waals surface area contributed by atoms with Gasteiger partial charge in [-0.25, -0.2) is 9.97 Å². The van der Waals surface area contributed by atoms with Gasteiger partial charge in [0.1, 0.15) is 18.1 Å². The van der Waals surface area contributed by atoms with Crippen LogP contribution in [0, 0.1) is 0 Å². The van der Waals surface area contributed by atoms with Gasteiger partial charge in [0, 0.05) is 16.6 Å². The summed E-state index contributed by atoms with van der Waals surface area (Å²) < 4.78 is 0. The van der Waals surface area contributed by atoms with E-state index in [4.69, 9.17) is 11.6 Å². The normalized spacial score (nSPS) is 10.4. The first-order valence-corrected chi connectivity index (χ1v) is 7.55. The highest BCUT2D eigenvalue weighted by Crippen LogP contribution is 2.15. The van der Waals surface area contributed by atoms with Crippen molar-refractivity contribution in [3.8, 4) is 0 Å². The second kappa shape index (κ2) is 7.06. The van der Waals surface area contributed by atoms with E-state index in [-0.39, 0.29) is 6.42 Å². The number of anilines is 2. The molecule has 2 N–H and O–H groups in total. The number of halogens is 1. The molecule has 0 fully saturated rings. The lowest BCUT2D eigenvalue weighted by molar-refractivity contribution is -0.123. The van der Waals surface area contributed by atoms with Crippen molar-refractivity contribution in [3.63, 3.8) is 0 Å². The van der Waals surface area contributed by atoms with Gasteiger partial charge < -0.3 is 10.6 Å². The lowest BCUT2D eigenvalue weighted by Gasteiger charge is -2.06. The molecule has 0 bridgehead atoms. The Balaban J connectivity index is 1.60. The number of carbonyl (C=O) groups excluding carboxylic acids is 2. The molecule has 2 aromatic heterocycles. The van der Waals surface area contributed by atoms with Crippen LogP contribution in [-0.4, -0.2) is 21.8 Å². The minimum Gasteiger partial charge on any atom is -0.310 e. The van der Waals surface area contributed by atoms with Crippen LogP contribution < -0.4 is 10.6 Å². The molecule has 1 aromatic carbocycles. The summed E-state index contributed by atoms with van der Waals surface area (Å²) in [5.41, 5.74) is 0.767. The Labute approximate surface area is 142 Å². The van der Waals surface area contributed by atoms with Gasteiger partial charge in [-0.05, 0) is 30.3 Å². The van der Waals surface area contributed by atoms with Crippen LogP contribution in [0.4, 0.5) is 11.6 Å². The fraction of sp³-hybridized carbons (Fsp3) is 0.0588. The quantitative estimate of drug-likeness (QED) is 0.714. The fourth-order valence-electron chi connectivity index (χ4n) is 2.13. The van der Waals surface area contributed by atoms with Gasteiger partial charge in [-0.2, -0.15) is 0 Å². The number of nitrogens with one attached hydrogen (secondary N) is 2. The van der Waals surface area contributed by atoms with Gasteiger partial charge in [-0.15, -0.1) is 0 Å². The molecule has 120 valence electrons. The molecule has 2 amide bonds. The van der Waals surface area contributed by atoms with E-state index < -0.39 is 11.8 Å². The van der Waals surface area contributed by atoms with E-state index in [9.17, 15) is 9.59 Å². The minimum atomic E-state index is -0.483. The van der Waals surface area contributed by atoms with Crippen molar-refractivity contribution in [2.24, 2.45) is 0 Å². The van der Waals surface area contributed by atoms with Gasteiger partial charge in [-0.1, -0.05) is 29.8 Å². The second-order valence-electron chi connectivity index (χ2n) is 5.02. The molecule has 3 aromatic rings. The predicted octanol–water partition coefficient (Wildman–Crippen LogP) is 3.25. The largest absolute Gasteiger partial charge is 0.310 e. The van der Waals surface area contributed by atoms with E-state index in [0.717, 1.165) is 10.9 Å². The molecule has 2 heterocycles. The molecular weight excluding hydrogens is 328 g/mol. The summed E-state index contributed by atoms with van der Waals surface area (Å²) >= 11 is 5.81. The molecule has 0 radical (unpaired) electrons. The molecule has 0 spiro atoms. The highest BCUT2D eigenvalue weighted by molar-refractivity contribution is 6.30. The van der Waals surface area contributed by atoms with Crippen molar-refractivity contribution in [1.29, 1.82) is 0 Å². The average molecular weight is 341 g/mol. The van der Waals surface area contributed by atoms with Crippen LogP contribution in [0.15, 0.2) is 54.7 Å². The number of hydrogen-bond acceptors (Lipinski definition) is 4. The maximum atomic E-state index is 12.0. The number of rotatable bonds is 4. The third-order valence-corrected chi connectivity index (χ3v) is 3.41. The summed E-state index contributed by atoms with van der Waals surface area (Å²) in [6.45, 7) is 0. The van der Waals surface area contributed by atoms with Crippen LogP contribution >= 0.6 is 11.6 Å². The Kier molecular flexibility index (Phi) is 4.67. The summed E-state index contributed by atoms with van der Waals surface area (Å²) in [6.07, 6.45) is 1.12. The number of benzene rings is 1. The predicted molar refractivity (Wildman–Crippen MR) is 92.9 cm³/mol. The summed E-state index contributed by atoms with van der Waals surface area (Å²) in [7, 11) is 0. The number of hydrogen-bond donors (Lipinski definition) is 2. The molecule has 3 rings (SSSR count). The van der Waals surface area contributed by atoms with Crippen molar-refractivity contribution in [1.82, 2.24) is 9.97 Å². The number of fused-ring (bicyclic) bond motifs is 1. The van der Waals surface area contributed by atoms with Crippen molar-refractivity contribution < 1.29 is 9.59 Å². The standard InChI is InChI=1S/C17H13ClN4O2/c18-12-7-8-19-15(9-12)22-17(24)10-16(23)21-14-6-5-11-3-1-2-4-13(11)20-14/h1-9H,10H2,(H,19,22,24)(H,20,21,23). The lowest BCUT2D eigenvalue weighted by Crippen LogP contribution is -2.22. The molecule has 0 aliphatic carbocycles. The van der Waals surface area contributed by atoms with Crippen LogP contribution in [-0.2, 0) is 9.59 Å². The molecule has 0 saturated carbocycles. The molecule has 0 aliphatic heterocycles. The topological polar surface area (TPSA) is 84.0 Å². The van der Waals surface area contributed by atoms with Crippen molar-refractivity contribution >= 4 is 46.0 Å². The molecule has 24 heavy (non-hydrogen) atoms. The zero-order chi connectivity index (χ0) is 16.9. The van der Waals surface area contributed by atoms with E-state index in [2.05, 4.69) is 20.6 Å². The summed E-state index contributed by atoms with van der Waals surface area (Å²) in [5.74, 6) is -0.253. The zero-order valence-corrected chi connectivity index (χ0v) is 13.2. The van der Waals surface area contributed by atoms with Gasteiger partial charge in [0.15, 0.2) is 0 Å². The molecule has 0 atom stereocenters.